The zero-order valence-electron chi connectivity index (χ0n) is 11.0. The Morgan fingerprint density at radius 3 is 2.70 bits per heavy atom. The first-order valence-electron chi connectivity index (χ1n) is 6.13. The highest BCUT2D eigenvalue weighted by molar-refractivity contribution is 9.10. The Bertz CT molecular complexity index is 609. The molecule has 1 amide bonds. The highest BCUT2D eigenvalue weighted by Crippen LogP contribution is 2.10. The molecule has 0 saturated heterocycles. The first kappa shape index (κ1) is 14.4. The van der Waals surface area contributed by atoms with Gasteiger partial charge in [0.25, 0.3) is 0 Å². The first-order chi connectivity index (χ1) is 9.65. The molecule has 2 aromatic rings. The highest BCUT2D eigenvalue weighted by Gasteiger charge is 2.03. The molecule has 0 spiro atoms. The van der Waals surface area contributed by atoms with Gasteiger partial charge in [0.2, 0.25) is 5.91 Å². The molecule has 102 valence electrons. The van der Waals surface area contributed by atoms with E-state index in [-0.39, 0.29) is 5.91 Å². The Morgan fingerprint density at radius 1 is 1.30 bits per heavy atom. The normalized spacial score (nSPS) is 11.2. The fraction of sp³-hybridized carbons (Fsp3) is 0.133. The van der Waals surface area contributed by atoms with Gasteiger partial charge in [0, 0.05) is 22.4 Å². The van der Waals surface area contributed by atoms with E-state index < -0.39 is 0 Å². The van der Waals surface area contributed by atoms with Gasteiger partial charge in [-0.1, -0.05) is 34.1 Å². The molecular formula is C15H14BrN3O. The van der Waals surface area contributed by atoms with Gasteiger partial charge in [-0.3, -0.25) is 9.78 Å². The van der Waals surface area contributed by atoms with Crippen LogP contribution >= 0.6 is 15.9 Å². The summed E-state index contributed by atoms with van der Waals surface area (Å²) in [6.07, 6.45) is 3.71. The average molecular weight is 332 g/mol. The summed E-state index contributed by atoms with van der Waals surface area (Å²) >= 11 is 3.36. The molecule has 0 radical (unpaired) electrons. The van der Waals surface area contributed by atoms with Crippen LogP contribution in [-0.4, -0.2) is 16.6 Å². The molecule has 1 aromatic heterocycles. The first-order valence-corrected chi connectivity index (χ1v) is 6.92. The SMILES string of the molecule is C/C(=N/NC(=O)Cc1ccc(Br)cc1)c1cccnc1. The smallest absolute Gasteiger partial charge is 0.244 e. The number of hydrogen-bond acceptors (Lipinski definition) is 3. The van der Waals surface area contributed by atoms with Crippen LogP contribution < -0.4 is 5.43 Å². The van der Waals surface area contributed by atoms with E-state index in [0.29, 0.717) is 6.42 Å². The Morgan fingerprint density at radius 2 is 2.05 bits per heavy atom. The molecule has 4 nitrogen and oxygen atoms in total. The Hall–Kier alpha value is -2.01. The molecule has 1 aromatic carbocycles. The van der Waals surface area contributed by atoms with Gasteiger partial charge in [-0.2, -0.15) is 5.10 Å². The van der Waals surface area contributed by atoms with E-state index >= 15 is 0 Å². The van der Waals surface area contributed by atoms with Crippen molar-refractivity contribution in [1.29, 1.82) is 0 Å². The fourth-order valence-corrected chi connectivity index (χ4v) is 1.88. The van der Waals surface area contributed by atoms with Gasteiger partial charge in [0.1, 0.15) is 0 Å². The van der Waals surface area contributed by atoms with E-state index in [1.165, 1.54) is 0 Å². The number of carbonyl (C=O) groups is 1. The largest absolute Gasteiger partial charge is 0.273 e. The molecule has 1 N–H and O–H groups in total. The average Bonchev–Trinajstić information content (AvgIpc) is 2.48. The molecule has 0 atom stereocenters. The van der Waals surface area contributed by atoms with Crippen molar-refractivity contribution >= 4 is 27.5 Å². The van der Waals surface area contributed by atoms with E-state index in [4.69, 9.17) is 0 Å². The fourth-order valence-electron chi connectivity index (χ4n) is 1.61. The summed E-state index contributed by atoms with van der Waals surface area (Å²) in [5, 5.41) is 4.08. The lowest BCUT2D eigenvalue weighted by Crippen LogP contribution is -2.21. The third kappa shape index (κ3) is 4.28. The second kappa shape index (κ2) is 6.96. The van der Waals surface area contributed by atoms with E-state index in [1.54, 1.807) is 12.4 Å². The van der Waals surface area contributed by atoms with Gasteiger partial charge in [-0.05, 0) is 30.7 Å². The van der Waals surface area contributed by atoms with E-state index in [0.717, 1.165) is 21.3 Å². The van der Waals surface area contributed by atoms with E-state index in [1.807, 2.05) is 43.3 Å². The molecule has 5 heteroatoms. The summed E-state index contributed by atoms with van der Waals surface area (Å²) in [7, 11) is 0. The summed E-state index contributed by atoms with van der Waals surface area (Å²) in [6, 6.07) is 11.4. The number of carbonyl (C=O) groups excluding carboxylic acids is 1. The number of amides is 1. The second-order valence-electron chi connectivity index (χ2n) is 4.28. The minimum atomic E-state index is -0.143. The van der Waals surface area contributed by atoms with Gasteiger partial charge in [-0.25, -0.2) is 5.43 Å². The van der Waals surface area contributed by atoms with Crippen LogP contribution in [0.1, 0.15) is 18.1 Å². The summed E-state index contributed by atoms with van der Waals surface area (Å²) in [4.78, 5) is 15.8. The van der Waals surface area contributed by atoms with Crippen LogP contribution in [0.3, 0.4) is 0 Å². The molecule has 0 aliphatic carbocycles. The second-order valence-corrected chi connectivity index (χ2v) is 5.19. The van der Waals surface area contributed by atoms with Crippen LogP contribution in [0.15, 0.2) is 58.4 Å². The zero-order valence-corrected chi connectivity index (χ0v) is 12.6. The molecule has 0 saturated carbocycles. The summed E-state index contributed by atoms with van der Waals surface area (Å²) in [5.41, 5.74) is 5.11. The van der Waals surface area contributed by atoms with Crippen molar-refractivity contribution in [3.8, 4) is 0 Å². The number of nitrogens with zero attached hydrogens (tertiary/aromatic N) is 2. The lowest BCUT2D eigenvalue weighted by Gasteiger charge is -2.03. The number of hydrazone groups is 1. The number of rotatable bonds is 4. The monoisotopic (exact) mass is 331 g/mol. The summed E-state index contributed by atoms with van der Waals surface area (Å²) in [5.74, 6) is -0.143. The summed E-state index contributed by atoms with van der Waals surface area (Å²) < 4.78 is 0.993. The standard InChI is InChI=1S/C15H14BrN3O/c1-11(13-3-2-8-17-10-13)18-19-15(20)9-12-4-6-14(16)7-5-12/h2-8,10H,9H2,1H3,(H,19,20)/b18-11-. The maximum atomic E-state index is 11.8. The van der Waals surface area contributed by atoms with Crippen molar-refractivity contribution in [3.05, 3.63) is 64.4 Å². The third-order valence-corrected chi connectivity index (χ3v) is 3.23. The van der Waals surface area contributed by atoms with Crippen molar-refractivity contribution in [1.82, 2.24) is 10.4 Å². The van der Waals surface area contributed by atoms with Crippen LogP contribution in [0.25, 0.3) is 0 Å². The lowest BCUT2D eigenvalue weighted by atomic mass is 10.1. The maximum Gasteiger partial charge on any atom is 0.244 e. The predicted octanol–water partition coefficient (Wildman–Crippen LogP) is 2.93. The third-order valence-electron chi connectivity index (χ3n) is 2.71. The van der Waals surface area contributed by atoms with Gasteiger partial charge in [0.05, 0.1) is 12.1 Å². The highest BCUT2D eigenvalue weighted by atomic mass is 79.9. The molecule has 0 bridgehead atoms. The van der Waals surface area contributed by atoms with Crippen molar-refractivity contribution in [2.75, 3.05) is 0 Å². The molecule has 2 rings (SSSR count). The zero-order chi connectivity index (χ0) is 14.4. The molecule has 0 fully saturated rings. The van der Waals surface area contributed by atoms with Crippen molar-refractivity contribution in [2.24, 2.45) is 5.10 Å². The Balaban J connectivity index is 1.93. The molecular weight excluding hydrogens is 318 g/mol. The molecule has 0 aliphatic rings. The van der Waals surface area contributed by atoms with Crippen molar-refractivity contribution < 1.29 is 4.79 Å². The number of benzene rings is 1. The van der Waals surface area contributed by atoms with Crippen molar-refractivity contribution in [3.63, 3.8) is 0 Å². The molecule has 0 aliphatic heterocycles. The number of aromatic nitrogens is 1. The number of halogens is 1. The van der Waals surface area contributed by atoms with Gasteiger partial charge in [0.15, 0.2) is 0 Å². The topological polar surface area (TPSA) is 54.4 Å². The Kier molecular flexibility index (Phi) is 5.01. The van der Waals surface area contributed by atoms with E-state index in [2.05, 4.69) is 31.4 Å². The number of nitrogens with one attached hydrogen (secondary N) is 1. The van der Waals surface area contributed by atoms with Gasteiger partial charge in [-0.15, -0.1) is 0 Å². The molecule has 1 heterocycles. The van der Waals surface area contributed by atoms with E-state index in [9.17, 15) is 4.79 Å². The minimum Gasteiger partial charge on any atom is -0.273 e. The Labute approximate surface area is 126 Å². The van der Waals surface area contributed by atoms with Gasteiger partial charge < -0.3 is 0 Å². The molecule has 20 heavy (non-hydrogen) atoms. The van der Waals surface area contributed by atoms with Gasteiger partial charge >= 0.3 is 0 Å². The van der Waals surface area contributed by atoms with Crippen LogP contribution in [-0.2, 0) is 11.2 Å². The number of pyridine rings is 1. The van der Waals surface area contributed by atoms with Crippen LogP contribution in [0.5, 0.6) is 0 Å². The van der Waals surface area contributed by atoms with Crippen LogP contribution in [0.4, 0.5) is 0 Å². The predicted molar refractivity (Wildman–Crippen MR) is 82.4 cm³/mol. The van der Waals surface area contributed by atoms with Crippen LogP contribution in [0, 0.1) is 0 Å². The van der Waals surface area contributed by atoms with Crippen molar-refractivity contribution in [2.45, 2.75) is 13.3 Å². The van der Waals surface area contributed by atoms with Crippen LogP contribution in [0.2, 0.25) is 0 Å². The maximum absolute atomic E-state index is 11.8. The minimum absolute atomic E-state index is 0.143. The number of hydrogen-bond donors (Lipinski definition) is 1. The quantitative estimate of drug-likeness (QED) is 0.691. The lowest BCUT2D eigenvalue weighted by molar-refractivity contribution is -0.120. The summed E-state index contributed by atoms with van der Waals surface area (Å²) in [6.45, 7) is 1.83. The molecule has 0 unspecified atom stereocenters.